The molecule has 4 atom stereocenters. The maximum atomic E-state index is 12.5. The Balaban J connectivity index is 2.61. The van der Waals surface area contributed by atoms with E-state index in [2.05, 4.69) is 10.6 Å². The second-order valence-electron chi connectivity index (χ2n) is 7.92. The molecule has 158 valence electrons. The summed E-state index contributed by atoms with van der Waals surface area (Å²) in [6.45, 7) is 4.06. The van der Waals surface area contributed by atoms with Crippen LogP contribution in [-0.4, -0.2) is 73.9 Å². The van der Waals surface area contributed by atoms with E-state index in [1.165, 1.54) is 12.8 Å². The average molecular weight is 386 g/mol. The van der Waals surface area contributed by atoms with Crippen molar-refractivity contribution in [2.45, 2.75) is 83.1 Å². The molecular weight excluding hydrogens is 346 g/mol. The zero-order chi connectivity index (χ0) is 20.4. The zero-order valence-electron chi connectivity index (χ0n) is 17.7. The van der Waals surface area contributed by atoms with Crippen LogP contribution in [0.5, 0.6) is 0 Å². The fourth-order valence-corrected chi connectivity index (χ4v) is 3.96. The van der Waals surface area contributed by atoms with Gasteiger partial charge in [0.1, 0.15) is 6.04 Å². The van der Waals surface area contributed by atoms with Gasteiger partial charge in [-0.05, 0) is 52.6 Å². The molecule has 0 heterocycles. The Morgan fingerprint density at radius 2 is 1.89 bits per heavy atom. The summed E-state index contributed by atoms with van der Waals surface area (Å²) in [5.74, 6) is 0.192. The number of nitrogens with zero attached hydrogens (tertiary/aromatic N) is 1. The van der Waals surface area contributed by atoms with E-state index in [1.807, 2.05) is 6.92 Å². The van der Waals surface area contributed by atoms with E-state index in [1.54, 1.807) is 33.0 Å². The zero-order valence-corrected chi connectivity index (χ0v) is 17.7. The number of ether oxygens (including phenoxy) is 1. The fraction of sp³-hybridized carbons (Fsp3) is 0.900. The van der Waals surface area contributed by atoms with Crippen molar-refractivity contribution in [1.82, 2.24) is 15.5 Å². The Morgan fingerprint density at radius 1 is 1.26 bits per heavy atom. The summed E-state index contributed by atoms with van der Waals surface area (Å²) >= 11 is 0. The highest BCUT2D eigenvalue weighted by molar-refractivity contribution is 5.82. The second-order valence-corrected chi connectivity index (χ2v) is 7.92. The molecule has 7 nitrogen and oxygen atoms in total. The van der Waals surface area contributed by atoms with Gasteiger partial charge in [0.2, 0.25) is 11.8 Å². The molecule has 1 aliphatic rings. The number of hydrogen-bond acceptors (Lipinski definition) is 5. The number of carbonyl (C=O) groups is 2. The van der Waals surface area contributed by atoms with Gasteiger partial charge in [-0.15, -0.1) is 0 Å². The molecule has 1 saturated carbocycles. The maximum absolute atomic E-state index is 12.5. The molecule has 1 aliphatic carbocycles. The van der Waals surface area contributed by atoms with Crippen LogP contribution in [0.3, 0.4) is 0 Å². The summed E-state index contributed by atoms with van der Waals surface area (Å²) in [5.41, 5.74) is 0. The van der Waals surface area contributed by atoms with Crippen LogP contribution < -0.4 is 10.6 Å². The van der Waals surface area contributed by atoms with Gasteiger partial charge in [-0.3, -0.25) is 14.5 Å². The minimum Gasteiger partial charge on any atom is -0.391 e. The molecule has 2 unspecified atom stereocenters. The quantitative estimate of drug-likeness (QED) is 0.471. The first-order valence-corrected chi connectivity index (χ1v) is 10.2. The third-order valence-corrected chi connectivity index (χ3v) is 5.58. The lowest BCUT2D eigenvalue weighted by molar-refractivity contribution is -0.129. The van der Waals surface area contributed by atoms with Gasteiger partial charge in [-0.2, -0.15) is 0 Å². The largest absolute Gasteiger partial charge is 0.391 e. The summed E-state index contributed by atoms with van der Waals surface area (Å²) in [7, 11) is 5.21. The van der Waals surface area contributed by atoms with Crippen LogP contribution in [0.4, 0.5) is 0 Å². The highest BCUT2D eigenvalue weighted by Crippen LogP contribution is 2.27. The molecule has 0 aromatic heterocycles. The number of likely N-dealkylation sites (N-methyl/N-ethyl adjacent to an activating group) is 1. The number of amides is 2. The van der Waals surface area contributed by atoms with E-state index in [9.17, 15) is 14.7 Å². The van der Waals surface area contributed by atoms with Crippen LogP contribution in [0.1, 0.15) is 58.8 Å². The number of rotatable bonds is 12. The number of aliphatic hydroxyl groups excluding tert-OH is 1. The Labute approximate surface area is 164 Å². The molecule has 1 fully saturated rings. The number of nitrogens with one attached hydrogen (secondary N) is 2. The first kappa shape index (κ1) is 23.9. The summed E-state index contributed by atoms with van der Waals surface area (Å²) in [6.07, 6.45) is 5.84. The Kier molecular flexibility index (Phi) is 10.9. The third kappa shape index (κ3) is 8.15. The Morgan fingerprint density at radius 3 is 2.37 bits per heavy atom. The molecule has 27 heavy (non-hydrogen) atoms. The number of hydrogen-bond donors (Lipinski definition) is 3. The first-order chi connectivity index (χ1) is 12.8. The van der Waals surface area contributed by atoms with Crippen LogP contribution >= 0.6 is 0 Å². The van der Waals surface area contributed by atoms with Crippen molar-refractivity contribution in [2.24, 2.45) is 5.92 Å². The van der Waals surface area contributed by atoms with E-state index in [4.69, 9.17) is 4.74 Å². The number of carbonyl (C=O) groups excluding carboxylic acids is 2. The predicted octanol–water partition coefficient (Wildman–Crippen LogP) is 1.29. The highest BCUT2D eigenvalue weighted by atomic mass is 16.5. The summed E-state index contributed by atoms with van der Waals surface area (Å²) in [5, 5.41) is 15.9. The molecule has 0 radical (unpaired) electrons. The van der Waals surface area contributed by atoms with Crippen LogP contribution in [0, 0.1) is 5.92 Å². The molecule has 1 rings (SSSR count). The van der Waals surface area contributed by atoms with Gasteiger partial charge < -0.3 is 20.5 Å². The van der Waals surface area contributed by atoms with Gasteiger partial charge in [0.05, 0.1) is 12.2 Å². The Hall–Kier alpha value is -1.18. The molecule has 0 spiro atoms. The predicted molar refractivity (Wildman–Crippen MR) is 106 cm³/mol. The Bertz CT molecular complexity index is 439. The highest BCUT2D eigenvalue weighted by Gasteiger charge is 2.30. The summed E-state index contributed by atoms with van der Waals surface area (Å²) in [6, 6.07) is -0.666. The fourth-order valence-electron chi connectivity index (χ4n) is 3.96. The third-order valence-electron chi connectivity index (χ3n) is 5.58. The second kappa shape index (κ2) is 12.3. The lowest BCUT2D eigenvalue weighted by Crippen LogP contribution is -2.54. The van der Waals surface area contributed by atoms with Crippen molar-refractivity contribution < 1.29 is 19.4 Å². The summed E-state index contributed by atoms with van der Waals surface area (Å²) in [4.78, 5) is 26.6. The van der Waals surface area contributed by atoms with E-state index in [0.717, 1.165) is 19.3 Å². The smallest absolute Gasteiger partial charge is 0.240 e. The van der Waals surface area contributed by atoms with Crippen molar-refractivity contribution >= 4 is 11.8 Å². The lowest BCUT2D eigenvalue weighted by atomic mass is 9.97. The summed E-state index contributed by atoms with van der Waals surface area (Å²) < 4.78 is 5.34. The molecule has 2 amide bonds. The lowest BCUT2D eigenvalue weighted by Gasteiger charge is -2.29. The van der Waals surface area contributed by atoms with Crippen LogP contribution in [0.15, 0.2) is 0 Å². The molecule has 0 bridgehead atoms. The average Bonchev–Trinajstić information content (AvgIpc) is 3.13. The van der Waals surface area contributed by atoms with Crippen molar-refractivity contribution in [3.63, 3.8) is 0 Å². The number of methoxy groups -OCH3 is 1. The van der Waals surface area contributed by atoms with E-state index in [0.29, 0.717) is 25.3 Å². The topological polar surface area (TPSA) is 90.9 Å². The van der Waals surface area contributed by atoms with E-state index in [-0.39, 0.29) is 24.0 Å². The standard InChI is InChI=1S/C20H39N3O4/c1-6-16(27-5)11-12-18(25)22-17(15-9-7-8-10-15)13-21-20(26)19(14(2)24)23(3)4/h14-17,19,24H,6-13H2,1-5H3,(H,21,26)(H,22,25)/t14-,16?,17?,19-/m0/s1. The molecule has 0 aliphatic heterocycles. The first-order valence-electron chi connectivity index (χ1n) is 10.2. The van der Waals surface area contributed by atoms with Gasteiger partial charge in [0, 0.05) is 26.1 Å². The van der Waals surface area contributed by atoms with E-state index >= 15 is 0 Å². The minimum absolute atomic E-state index is 0.0105. The van der Waals surface area contributed by atoms with Gasteiger partial charge in [-0.25, -0.2) is 0 Å². The molecule has 0 aromatic rings. The molecule has 3 N–H and O–H groups in total. The van der Waals surface area contributed by atoms with Gasteiger partial charge >= 0.3 is 0 Å². The molecular formula is C20H39N3O4. The van der Waals surface area contributed by atoms with Crippen molar-refractivity contribution in [3.8, 4) is 0 Å². The van der Waals surface area contributed by atoms with Crippen molar-refractivity contribution in [1.29, 1.82) is 0 Å². The molecule has 7 heteroatoms. The van der Waals surface area contributed by atoms with Crippen LogP contribution in [0.25, 0.3) is 0 Å². The normalized spacial score (nSPS) is 19.5. The van der Waals surface area contributed by atoms with Gasteiger partial charge in [0.25, 0.3) is 0 Å². The molecule has 0 saturated heterocycles. The monoisotopic (exact) mass is 385 g/mol. The van der Waals surface area contributed by atoms with E-state index < -0.39 is 12.1 Å². The van der Waals surface area contributed by atoms with Crippen LogP contribution in [-0.2, 0) is 14.3 Å². The van der Waals surface area contributed by atoms with Crippen molar-refractivity contribution in [3.05, 3.63) is 0 Å². The maximum Gasteiger partial charge on any atom is 0.240 e. The van der Waals surface area contributed by atoms with Gasteiger partial charge in [-0.1, -0.05) is 19.8 Å². The molecule has 0 aromatic carbocycles. The minimum atomic E-state index is -0.764. The number of aliphatic hydroxyl groups is 1. The van der Waals surface area contributed by atoms with Crippen LogP contribution in [0.2, 0.25) is 0 Å². The SMILES string of the molecule is CCC(CCC(=O)NC(CNC(=O)[C@H]([C@H](C)O)N(C)C)C1CCCC1)OC. The van der Waals surface area contributed by atoms with Crippen molar-refractivity contribution in [2.75, 3.05) is 27.7 Å². The van der Waals surface area contributed by atoms with Gasteiger partial charge in [0.15, 0.2) is 0 Å².